The molecule has 2 rings (SSSR count). The molecular formula is C9H10FNS. The summed E-state index contributed by atoms with van der Waals surface area (Å²) in [4.78, 5) is 1.02. The van der Waals surface area contributed by atoms with E-state index in [1.54, 1.807) is 17.8 Å². The molecule has 1 aliphatic heterocycles. The van der Waals surface area contributed by atoms with Gasteiger partial charge < -0.3 is 5.32 Å². The van der Waals surface area contributed by atoms with E-state index < -0.39 is 0 Å². The molecule has 1 aliphatic rings. The van der Waals surface area contributed by atoms with Gasteiger partial charge >= 0.3 is 0 Å². The average molecular weight is 183 g/mol. The molecule has 0 aliphatic carbocycles. The molecule has 1 aromatic carbocycles. The first-order valence-electron chi connectivity index (χ1n) is 3.96. The molecule has 0 saturated carbocycles. The minimum absolute atomic E-state index is 0.146. The van der Waals surface area contributed by atoms with Crippen LogP contribution in [0.3, 0.4) is 0 Å². The minimum Gasteiger partial charge on any atom is -0.381 e. The van der Waals surface area contributed by atoms with Crippen molar-refractivity contribution in [2.24, 2.45) is 0 Å². The van der Waals surface area contributed by atoms with Crippen LogP contribution in [0.15, 0.2) is 23.1 Å². The summed E-state index contributed by atoms with van der Waals surface area (Å²) in [6.07, 6.45) is 0. The van der Waals surface area contributed by atoms with Crippen LogP contribution in [0.1, 0.15) is 6.92 Å². The van der Waals surface area contributed by atoms with Gasteiger partial charge in [-0.05, 0) is 12.1 Å². The molecule has 1 nitrogen and oxygen atoms in total. The molecule has 0 fully saturated rings. The van der Waals surface area contributed by atoms with Crippen molar-refractivity contribution in [3.8, 4) is 0 Å². The van der Waals surface area contributed by atoms with E-state index in [1.165, 1.54) is 6.07 Å². The maximum atomic E-state index is 13.1. The molecule has 1 aromatic rings. The molecule has 0 amide bonds. The number of rotatable bonds is 0. The van der Waals surface area contributed by atoms with Crippen molar-refractivity contribution in [1.82, 2.24) is 0 Å². The zero-order valence-corrected chi connectivity index (χ0v) is 7.62. The molecule has 1 heterocycles. The Balaban J connectivity index is 2.42. The number of thioether (sulfide) groups is 1. The second-order valence-electron chi connectivity index (χ2n) is 2.92. The first kappa shape index (κ1) is 7.92. The largest absolute Gasteiger partial charge is 0.381 e. The summed E-state index contributed by atoms with van der Waals surface area (Å²) < 4.78 is 13.1. The molecule has 1 unspecified atom stereocenters. The maximum Gasteiger partial charge on any atom is 0.147 e. The van der Waals surface area contributed by atoms with Gasteiger partial charge in [-0.2, -0.15) is 0 Å². The highest BCUT2D eigenvalue weighted by Gasteiger charge is 2.17. The first-order valence-corrected chi connectivity index (χ1v) is 4.84. The monoisotopic (exact) mass is 183 g/mol. The van der Waals surface area contributed by atoms with E-state index in [9.17, 15) is 4.39 Å². The van der Waals surface area contributed by atoms with Gasteiger partial charge in [-0.25, -0.2) is 4.39 Å². The van der Waals surface area contributed by atoms with Gasteiger partial charge in [0.15, 0.2) is 0 Å². The zero-order chi connectivity index (χ0) is 8.55. The molecule has 1 atom stereocenters. The SMILES string of the molecule is CC1CNc2c(F)cccc2S1. The van der Waals surface area contributed by atoms with Gasteiger partial charge in [0.05, 0.1) is 5.69 Å². The van der Waals surface area contributed by atoms with E-state index in [4.69, 9.17) is 0 Å². The van der Waals surface area contributed by atoms with Gasteiger partial charge in [0.2, 0.25) is 0 Å². The normalized spacial score (nSPS) is 21.3. The summed E-state index contributed by atoms with van der Waals surface area (Å²) in [5.74, 6) is -0.146. The van der Waals surface area contributed by atoms with Crippen LogP contribution in [0.5, 0.6) is 0 Å². The number of para-hydroxylation sites is 1. The summed E-state index contributed by atoms with van der Waals surface area (Å²) in [5, 5.41) is 3.61. The number of halogens is 1. The predicted molar refractivity (Wildman–Crippen MR) is 50.2 cm³/mol. The molecular weight excluding hydrogens is 173 g/mol. The van der Waals surface area contributed by atoms with Crippen molar-refractivity contribution in [2.75, 3.05) is 11.9 Å². The number of benzene rings is 1. The summed E-state index contributed by atoms with van der Waals surface area (Å²) in [6, 6.07) is 5.19. The maximum absolute atomic E-state index is 13.1. The van der Waals surface area contributed by atoms with Crippen molar-refractivity contribution in [2.45, 2.75) is 17.1 Å². The fourth-order valence-electron chi connectivity index (χ4n) is 1.28. The second-order valence-corrected chi connectivity index (χ2v) is 4.40. The lowest BCUT2D eigenvalue weighted by atomic mass is 10.3. The Morgan fingerprint density at radius 1 is 1.58 bits per heavy atom. The van der Waals surface area contributed by atoms with Crippen molar-refractivity contribution in [3.05, 3.63) is 24.0 Å². The van der Waals surface area contributed by atoms with E-state index in [0.29, 0.717) is 10.9 Å². The zero-order valence-electron chi connectivity index (χ0n) is 6.80. The Bertz CT molecular complexity index is 301. The lowest BCUT2D eigenvalue weighted by molar-refractivity contribution is 0.626. The third kappa shape index (κ3) is 1.29. The van der Waals surface area contributed by atoms with Gasteiger partial charge in [0.1, 0.15) is 5.82 Å². The van der Waals surface area contributed by atoms with E-state index in [-0.39, 0.29) is 5.82 Å². The highest BCUT2D eigenvalue weighted by molar-refractivity contribution is 8.00. The highest BCUT2D eigenvalue weighted by Crippen LogP contribution is 2.35. The number of hydrogen-bond acceptors (Lipinski definition) is 2. The van der Waals surface area contributed by atoms with E-state index in [1.807, 2.05) is 6.07 Å². The Labute approximate surface area is 75.4 Å². The van der Waals surface area contributed by atoms with E-state index in [2.05, 4.69) is 12.2 Å². The van der Waals surface area contributed by atoms with Crippen LogP contribution in [0, 0.1) is 5.82 Å². The molecule has 0 bridgehead atoms. The van der Waals surface area contributed by atoms with Gasteiger partial charge in [0.25, 0.3) is 0 Å². The molecule has 0 radical (unpaired) electrons. The smallest absolute Gasteiger partial charge is 0.147 e. The molecule has 0 aromatic heterocycles. The molecule has 12 heavy (non-hydrogen) atoms. The first-order chi connectivity index (χ1) is 5.77. The summed E-state index contributed by atoms with van der Waals surface area (Å²) in [5.41, 5.74) is 0.667. The highest BCUT2D eigenvalue weighted by atomic mass is 32.2. The number of nitrogens with one attached hydrogen (secondary N) is 1. The Morgan fingerprint density at radius 3 is 3.25 bits per heavy atom. The van der Waals surface area contributed by atoms with Crippen LogP contribution >= 0.6 is 11.8 Å². The summed E-state index contributed by atoms with van der Waals surface area (Å²) >= 11 is 1.72. The van der Waals surface area contributed by atoms with Crippen LogP contribution in [-0.2, 0) is 0 Å². The van der Waals surface area contributed by atoms with Crippen LogP contribution in [0.25, 0.3) is 0 Å². The third-order valence-electron chi connectivity index (χ3n) is 1.87. The topological polar surface area (TPSA) is 12.0 Å². The summed E-state index contributed by atoms with van der Waals surface area (Å²) in [6.45, 7) is 2.98. The third-order valence-corrected chi connectivity index (χ3v) is 3.03. The van der Waals surface area contributed by atoms with Crippen molar-refractivity contribution >= 4 is 17.4 Å². The molecule has 1 N–H and O–H groups in total. The van der Waals surface area contributed by atoms with E-state index >= 15 is 0 Å². The van der Waals surface area contributed by atoms with Crippen molar-refractivity contribution < 1.29 is 4.39 Å². The average Bonchev–Trinajstić information content (AvgIpc) is 2.04. The molecule has 3 heteroatoms. The van der Waals surface area contributed by atoms with Gasteiger partial charge in [-0.1, -0.05) is 13.0 Å². The molecule has 0 spiro atoms. The predicted octanol–water partition coefficient (Wildman–Crippen LogP) is 2.73. The van der Waals surface area contributed by atoms with Crippen LogP contribution in [0.2, 0.25) is 0 Å². The fourth-order valence-corrected chi connectivity index (χ4v) is 2.32. The summed E-state index contributed by atoms with van der Waals surface area (Å²) in [7, 11) is 0. The number of hydrogen-bond donors (Lipinski definition) is 1. The number of fused-ring (bicyclic) bond motifs is 1. The molecule has 0 saturated heterocycles. The Morgan fingerprint density at radius 2 is 2.42 bits per heavy atom. The van der Waals surface area contributed by atoms with Gasteiger partial charge in [-0.15, -0.1) is 11.8 Å². The van der Waals surface area contributed by atoms with Gasteiger partial charge in [0, 0.05) is 16.7 Å². The standard InChI is InChI=1S/C9H10FNS/c1-6-5-11-9-7(10)3-2-4-8(9)12-6/h2-4,6,11H,5H2,1H3. The Hall–Kier alpha value is -0.700. The minimum atomic E-state index is -0.146. The lowest BCUT2D eigenvalue weighted by Gasteiger charge is -2.22. The molecule has 64 valence electrons. The van der Waals surface area contributed by atoms with Crippen molar-refractivity contribution in [3.63, 3.8) is 0 Å². The van der Waals surface area contributed by atoms with Crippen LogP contribution < -0.4 is 5.32 Å². The van der Waals surface area contributed by atoms with Crippen LogP contribution in [-0.4, -0.2) is 11.8 Å². The number of anilines is 1. The quantitative estimate of drug-likeness (QED) is 0.663. The van der Waals surface area contributed by atoms with E-state index in [0.717, 1.165) is 11.4 Å². The Kier molecular flexibility index (Phi) is 1.97. The van der Waals surface area contributed by atoms with Crippen molar-refractivity contribution in [1.29, 1.82) is 0 Å². The second kappa shape index (κ2) is 2.98. The van der Waals surface area contributed by atoms with Crippen LogP contribution in [0.4, 0.5) is 10.1 Å². The fraction of sp³-hybridized carbons (Fsp3) is 0.333. The lowest BCUT2D eigenvalue weighted by Crippen LogP contribution is -2.19. The van der Waals surface area contributed by atoms with Gasteiger partial charge in [-0.3, -0.25) is 0 Å².